The van der Waals surface area contributed by atoms with E-state index >= 15 is 0 Å². The lowest BCUT2D eigenvalue weighted by Gasteiger charge is -2.00. The number of esters is 1. The quantitative estimate of drug-likeness (QED) is 0.434. The van der Waals surface area contributed by atoms with E-state index in [1.54, 1.807) is 0 Å². The monoisotopic (exact) mass is 144 g/mol. The van der Waals surface area contributed by atoms with Gasteiger partial charge in [0.05, 0.1) is 5.92 Å². The smallest absolute Gasteiger partial charge is 0.311 e. The third-order valence-electron chi connectivity index (χ3n) is 1.73. The minimum absolute atomic E-state index is 0.0854. The minimum atomic E-state index is -0.116. The lowest BCUT2D eigenvalue weighted by atomic mass is 10.3. The van der Waals surface area contributed by atoms with Gasteiger partial charge in [0.25, 0.3) is 0 Å². The molecule has 0 amide bonds. The van der Waals surface area contributed by atoms with Gasteiger partial charge >= 0.3 is 5.97 Å². The topological polar surface area (TPSA) is 35.5 Å². The highest BCUT2D eigenvalue weighted by molar-refractivity contribution is 5.75. The fraction of sp³-hybridized carbons (Fsp3) is 0.857. The molecule has 3 heteroatoms. The third-order valence-corrected chi connectivity index (χ3v) is 1.73. The first-order valence-electron chi connectivity index (χ1n) is 3.41. The van der Waals surface area contributed by atoms with Gasteiger partial charge in [-0.1, -0.05) is 6.92 Å². The van der Waals surface area contributed by atoms with Crippen molar-refractivity contribution < 1.29 is 14.3 Å². The second-order valence-electron chi connectivity index (χ2n) is 2.69. The Bertz CT molecular complexity index is 133. The molecule has 2 unspecified atom stereocenters. The van der Waals surface area contributed by atoms with Gasteiger partial charge in [0.2, 0.25) is 0 Å². The van der Waals surface area contributed by atoms with Gasteiger partial charge in [0.15, 0.2) is 6.79 Å². The molecule has 0 N–H and O–H groups in total. The molecule has 0 bridgehead atoms. The molecule has 1 aliphatic carbocycles. The SMILES string of the molecule is COCOC(=O)C1CC1C. The molecule has 10 heavy (non-hydrogen) atoms. The Morgan fingerprint density at radius 3 is 2.70 bits per heavy atom. The van der Waals surface area contributed by atoms with Crippen LogP contribution in [0, 0.1) is 11.8 Å². The molecule has 0 aliphatic heterocycles. The van der Waals surface area contributed by atoms with Crippen molar-refractivity contribution in [2.24, 2.45) is 11.8 Å². The van der Waals surface area contributed by atoms with Crippen LogP contribution in [0.4, 0.5) is 0 Å². The minimum Gasteiger partial charge on any atom is -0.438 e. The molecule has 0 aromatic rings. The van der Waals surface area contributed by atoms with Crippen LogP contribution in [0.3, 0.4) is 0 Å². The van der Waals surface area contributed by atoms with Crippen LogP contribution in [0.15, 0.2) is 0 Å². The van der Waals surface area contributed by atoms with Gasteiger partial charge in [0.1, 0.15) is 0 Å². The van der Waals surface area contributed by atoms with Crippen LogP contribution in [-0.2, 0) is 14.3 Å². The molecule has 0 saturated heterocycles. The first-order valence-corrected chi connectivity index (χ1v) is 3.41. The number of rotatable bonds is 3. The highest BCUT2D eigenvalue weighted by Gasteiger charge is 2.40. The zero-order chi connectivity index (χ0) is 7.56. The Balaban J connectivity index is 2.11. The number of carbonyl (C=O) groups is 1. The largest absolute Gasteiger partial charge is 0.438 e. The molecular formula is C7H12O3. The standard InChI is InChI=1S/C7H12O3/c1-5-3-6(5)7(8)10-4-9-2/h5-6H,3-4H2,1-2H3. The zero-order valence-electron chi connectivity index (χ0n) is 6.29. The van der Waals surface area contributed by atoms with Crippen molar-refractivity contribution in [2.75, 3.05) is 13.9 Å². The lowest BCUT2D eigenvalue weighted by Crippen LogP contribution is -2.09. The van der Waals surface area contributed by atoms with Crippen LogP contribution in [0.25, 0.3) is 0 Å². The zero-order valence-corrected chi connectivity index (χ0v) is 6.29. The lowest BCUT2D eigenvalue weighted by molar-refractivity contribution is -0.155. The molecule has 1 aliphatic rings. The molecule has 0 heterocycles. The summed E-state index contributed by atoms with van der Waals surface area (Å²) in [5.74, 6) is 0.550. The van der Waals surface area contributed by atoms with Gasteiger partial charge in [0, 0.05) is 7.11 Å². The Morgan fingerprint density at radius 2 is 2.30 bits per heavy atom. The van der Waals surface area contributed by atoms with Crippen LogP contribution in [0.1, 0.15) is 13.3 Å². The van der Waals surface area contributed by atoms with E-state index in [1.165, 1.54) is 7.11 Å². The first-order chi connectivity index (χ1) is 4.75. The van der Waals surface area contributed by atoms with Crippen LogP contribution in [0.2, 0.25) is 0 Å². The van der Waals surface area contributed by atoms with E-state index in [0.717, 1.165) is 6.42 Å². The molecule has 1 rings (SSSR count). The van der Waals surface area contributed by atoms with Crippen LogP contribution in [0.5, 0.6) is 0 Å². The van der Waals surface area contributed by atoms with Crippen molar-refractivity contribution >= 4 is 5.97 Å². The maximum Gasteiger partial charge on any atom is 0.311 e. The molecule has 2 atom stereocenters. The number of carbonyl (C=O) groups excluding carboxylic acids is 1. The van der Waals surface area contributed by atoms with Crippen molar-refractivity contribution in [1.82, 2.24) is 0 Å². The predicted molar refractivity (Wildman–Crippen MR) is 35.2 cm³/mol. The van der Waals surface area contributed by atoms with E-state index < -0.39 is 0 Å². The summed E-state index contributed by atoms with van der Waals surface area (Å²) in [4.78, 5) is 10.9. The summed E-state index contributed by atoms with van der Waals surface area (Å²) in [6.45, 7) is 2.13. The predicted octanol–water partition coefficient (Wildman–Crippen LogP) is 0.790. The molecule has 58 valence electrons. The van der Waals surface area contributed by atoms with Crippen LogP contribution in [-0.4, -0.2) is 19.9 Å². The fourth-order valence-electron chi connectivity index (χ4n) is 0.875. The average molecular weight is 144 g/mol. The Hall–Kier alpha value is -0.570. The molecule has 0 radical (unpaired) electrons. The molecule has 1 fully saturated rings. The molecular weight excluding hydrogens is 132 g/mol. The van der Waals surface area contributed by atoms with E-state index in [1.807, 2.05) is 6.92 Å². The van der Waals surface area contributed by atoms with E-state index in [4.69, 9.17) is 4.74 Å². The molecule has 0 spiro atoms. The summed E-state index contributed by atoms with van der Waals surface area (Å²) in [6, 6.07) is 0. The van der Waals surface area contributed by atoms with Crippen LogP contribution < -0.4 is 0 Å². The van der Waals surface area contributed by atoms with Crippen molar-refractivity contribution in [2.45, 2.75) is 13.3 Å². The first kappa shape index (κ1) is 7.54. The van der Waals surface area contributed by atoms with Crippen molar-refractivity contribution in [3.05, 3.63) is 0 Å². The summed E-state index contributed by atoms with van der Waals surface area (Å²) >= 11 is 0. The Kier molecular flexibility index (Phi) is 2.27. The normalized spacial score (nSPS) is 29.8. The van der Waals surface area contributed by atoms with Gasteiger partial charge in [-0.15, -0.1) is 0 Å². The van der Waals surface area contributed by atoms with Gasteiger partial charge in [-0.2, -0.15) is 0 Å². The number of ether oxygens (including phenoxy) is 2. The summed E-state index contributed by atoms with van der Waals surface area (Å²) in [7, 11) is 1.50. The Morgan fingerprint density at radius 1 is 1.70 bits per heavy atom. The number of hydrogen-bond acceptors (Lipinski definition) is 3. The number of methoxy groups -OCH3 is 1. The van der Waals surface area contributed by atoms with E-state index in [2.05, 4.69) is 4.74 Å². The van der Waals surface area contributed by atoms with Crippen molar-refractivity contribution in [3.63, 3.8) is 0 Å². The van der Waals surface area contributed by atoms with Gasteiger partial charge < -0.3 is 9.47 Å². The van der Waals surface area contributed by atoms with E-state index in [-0.39, 0.29) is 18.7 Å². The van der Waals surface area contributed by atoms with Crippen molar-refractivity contribution in [3.8, 4) is 0 Å². The second-order valence-corrected chi connectivity index (χ2v) is 2.69. The maximum absolute atomic E-state index is 10.9. The van der Waals surface area contributed by atoms with E-state index in [0.29, 0.717) is 5.92 Å². The van der Waals surface area contributed by atoms with Gasteiger partial charge in [-0.3, -0.25) is 4.79 Å². The van der Waals surface area contributed by atoms with Gasteiger partial charge in [-0.25, -0.2) is 0 Å². The average Bonchev–Trinajstić information content (AvgIpc) is 2.62. The highest BCUT2D eigenvalue weighted by atomic mass is 16.7. The van der Waals surface area contributed by atoms with E-state index in [9.17, 15) is 4.79 Å². The van der Waals surface area contributed by atoms with Crippen molar-refractivity contribution in [1.29, 1.82) is 0 Å². The summed E-state index contributed by atoms with van der Waals surface area (Å²) < 4.78 is 9.31. The Labute approximate surface area is 60.3 Å². The molecule has 0 aromatic carbocycles. The summed E-state index contributed by atoms with van der Waals surface area (Å²) in [6.07, 6.45) is 0.975. The third kappa shape index (κ3) is 1.70. The molecule has 1 saturated carbocycles. The highest BCUT2D eigenvalue weighted by Crippen LogP contribution is 2.38. The fourth-order valence-corrected chi connectivity index (χ4v) is 0.875. The summed E-state index contributed by atoms with van der Waals surface area (Å²) in [5, 5.41) is 0. The maximum atomic E-state index is 10.9. The number of hydrogen-bond donors (Lipinski definition) is 0. The molecule has 3 nitrogen and oxygen atoms in total. The summed E-state index contributed by atoms with van der Waals surface area (Å²) in [5.41, 5.74) is 0. The molecule has 0 aromatic heterocycles. The second kappa shape index (κ2) is 3.01. The van der Waals surface area contributed by atoms with Gasteiger partial charge in [-0.05, 0) is 12.3 Å². The van der Waals surface area contributed by atoms with Crippen LogP contribution >= 0.6 is 0 Å².